The number of benzene rings is 1. The topological polar surface area (TPSA) is 15.3 Å². The summed E-state index contributed by atoms with van der Waals surface area (Å²) < 4.78 is 0. The Morgan fingerprint density at radius 1 is 1.14 bits per heavy atom. The van der Waals surface area contributed by atoms with Gasteiger partial charge in [-0.25, -0.2) is 0 Å². The molecule has 21 heavy (non-hydrogen) atoms. The summed E-state index contributed by atoms with van der Waals surface area (Å²) in [4.78, 5) is 2.58. The van der Waals surface area contributed by atoms with Crippen LogP contribution < -0.4 is 5.32 Å². The molecule has 1 aromatic carbocycles. The fourth-order valence-corrected chi connectivity index (χ4v) is 3.37. The van der Waals surface area contributed by atoms with Gasteiger partial charge in [-0.1, -0.05) is 43.0 Å². The normalized spacial score (nSPS) is 16.6. The molecule has 0 atom stereocenters. The second-order valence-corrected chi connectivity index (χ2v) is 6.73. The molecule has 0 aliphatic heterocycles. The quantitative estimate of drug-likeness (QED) is 0.762. The van der Waals surface area contributed by atoms with Crippen LogP contribution in [0.1, 0.15) is 55.2 Å². The lowest BCUT2D eigenvalue weighted by Crippen LogP contribution is -2.35. The lowest BCUT2D eigenvalue weighted by molar-refractivity contribution is 0.189. The minimum atomic E-state index is 0.845. The molecule has 1 aliphatic carbocycles. The van der Waals surface area contributed by atoms with Gasteiger partial charge in [0.2, 0.25) is 0 Å². The molecule has 0 heterocycles. The summed E-state index contributed by atoms with van der Waals surface area (Å²) in [6.45, 7) is 7.71. The molecule has 0 bridgehead atoms. The van der Waals surface area contributed by atoms with E-state index in [4.69, 9.17) is 0 Å². The maximum absolute atomic E-state index is 3.60. The first kappa shape index (κ1) is 16.5. The summed E-state index contributed by atoms with van der Waals surface area (Å²) in [6, 6.07) is 7.57. The molecule has 2 heteroatoms. The molecule has 0 aromatic heterocycles. The monoisotopic (exact) mass is 288 g/mol. The largest absolute Gasteiger partial charge is 0.313 e. The Hall–Kier alpha value is -0.860. The maximum atomic E-state index is 3.60. The zero-order valence-corrected chi connectivity index (χ0v) is 14.1. The van der Waals surface area contributed by atoms with Crippen molar-refractivity contribution in [2.75, 3.05) is 20.1 Å². The van der Waals surface area contributed by atoms with Gasteiger partial charge < -0.3 is 10.2 Å². The highest BCUT2D eigenvalue weighted by atomic mass is 15.1. The zero-order chi connectivity index (χ0) is 15.1. The molecule has 0 radical (unpaired) electrons. The summed E-state index contributed by atoms with van der Waals surface area (Å²) in [6.07, 6.45) is 8.37. The second-order valence-electron chi connectivity index (χ2n) is 6.73. The molecule has 0 amide bonds. The Balaban J connectivity index is 1.62. The fourth-order valence-electron chi connectivity index (χ4n) is 3.37. The van der Waals surface area contributed by atoms with Crippen molar-refractivity contribution >= 4 is 0 Å². The summed E-state index contributed by atoms with van der Waals surface area (Å²) in [7, 11) is 2.31. The Morgan fingerprint density at radius 2 is 1.90 bits per heavy atom. The summed E-state index contributed by atoms with van der Waals surface area (Å²) >= 11 is 0. The van der Waals surface area contributed by atoms with Crippen LogP contribution in [0.5, 0.6) is 0 Å². The van der Waals surface area contributed by atoms with Crippen LogP contribution in [0.25, 0.3) is 0 Å². The Morgan fingerprint density at radius 3 is 2.67 bits per heavy atom. The van der Waals surface area contributed by atoms with Crippen molar-refractivity contribution in [3.8, 4) is 0 Å². The first-order chi connectivity index (χ1) is 10.2. The third kappa shape index (κ3) is 5.44. The molecule has 2 nitrogen and oxygen atoms in total. The molecule has 2 rings (SSSR count). The van der Waals surface area contributed by atoms with Crippen molar-refractivity contribution in [1.82, 2.24) is 10.2 Å². The zero-order valence-electron chi connectivity index (χ0n) is 14.1. The molecule has 0 unspecified atom stereocenters. The third-order valence-corrected chi connectivity index (χ3v) is 4.88. The smallest absolute Gasteiger partial charge is 0.0208 e. The van der Waals surface area contributed by atoms with Crippen LogP contribution in [0, 0.1) is 13.8 Å². The van der Waals surface area contributed by atoms with E-state index in [1.54, 1.807) is 0 Å². The van der Waals surface area contributed by atoms with Crippen LogP contribution in [0.3, 0.4) is 0 Å². The van der Waals surface area contributed by atoms with Crippen molar-refractivity contribution < 1.29 is 0 Å². The minimum absolute atomic E-state index is 0.845. The predicted molar refractivity (Wildman–Crippen MR) is 91.7 cm³/mol. The standard InChI is InChI=1S/C19H32N2/c1-16-10-11-17(2)18(14-16)15-20-12-7-13-21(3)19-8-5-4-6-9-19/h10-11,14,19-20H,4-9,12-13,15H2,1-3H3. The van der Waals surface area contributed by atoms with E-state index in [2.05, 4.69) is 49.3 Å². The first-order valence-corrected chi connectivity index (χ1v) is 8.64. The molecular formula is C19H32N2. The van der Waals surface area contributed by atoms with E-state index in [0.717, 1.165) is 19.1 Å². The van der Waals surface area contributed by atoms with Gasteiger partial charge in [0, 0.05) is 12.6 Å². The summed E-state index contributed by atoms with van der Waals surface area (Å²) in [5.74, 6) is 0. The molecule has 1 aromatic rings. The van der Waals surface area contributed by atoms with E-state index in [9.17, 15) is 0 Å². The minimum Gasteiger partial charge on any atom is -0.313 e. The second kappa shape index (κ2) is 8.55. The highest BCUT2D eigenvalue weighted by Gasteiger charge is 2.17. The Bertz CT molecular complexity index is 422. The highest BCUT2D eigenvalue weighted by Crippen LogP contribution is 2.21. The number of hydrogen-bond donors (Lipinski definition) is 1. The van der Waals surface area contributed by atoms with Crippen molar-refractivity contribution in [3.05, 3.63) is 34.9 Å². The predicted octanol–water partition coefficient (Wildman–Crippen LogP) is 4.05. The number of aryl methyl sites for hydroxylation is 2. The van der Waals surface area contributed by atoms with Crippen LogP contribution >= 0.6 is 0 Å². The molecule has 118 valence electrons. The number of hydrogen-bond acceptors (Lipinski definition) is 2. The highest BCUT2D eigenvalue weighted by molar-refractivity contribution is 5.30. The van der Waals surface area contributed by atoms with Gasteiger partial charge in [-0.2, -0.15) is 0 Å². The lowest BCUT2D eigenvalue weighted by Gasteiger charge is -2.31. The Labute approximate surface area is 130 Å². The van der Waals surface area contributed by atoms with Crippen molar-refractivity contribution in [2.24, 2.45) is 0 Å². The van der Waals surface area contributed by atoms with Gasteiger partial charge in [0.05, 0.1) is 0 Å². The van der Waals surface area contributed by atoms with Gasteiger partial charge in [0.1, 0.15) is 0 Å². The molecule has 0 saturated heterocycles. The van der Waals surface area contributed by atoms with Crippen molar-refractivity contribution in [3.63, 3.8) is 0 Å². The van der Waals surface area contributed by atoms with Crippen LogP contribution in [0.15, 0.2) is 18.2 Å². The summed E-state index contributed by atoms with van der Waals surface area (Å²) in [5.41, 5.74) is 4.19. The van der Waals surface area contributed by atoms with Crippen LogP contribution in [0.2, 0.25) is 0 Å². The average molecular weight is 288 g/mol. The van der Waals surface area contributed by atoms with Gasteiger partial charge in [-0.3, -0.25) is 0 Å². The molecular weight excluding hydrogens is 256 g/mol. The van der Waals surface area contributed by atoms with Crippen molar-refractivity contribution in [1.29, 1.82) is 0 Å². The number of rotatable bonds is 7. The van der Waals surface area contributed by atoms with Crippen molar-refractivity contribution in [2.45, 2.75) is 65.0 Å². The van der Waals surface area contributed by atoms with Crippen LogP contribution in [-0.4, -0.2) is 31.1 Å². The molecule has 1 aliphatic rings. The lowest BCUT2D eigenvalue weighted by atomic mass is 9.94. The number of nitrogens with one attached hydrogen (secondary N) is 1. The third-order valence-electron chi connectivity index (χ3n) is 4.88. The van der Waals surface area contributed by atoms with E-state index in [1.807, 2.05) is 0 Å². The fraction of sp³-hybridized carbons (Fsp3) is 0.684. The molecule has 1 fully saturated rings. The van der Waals surface area contributed by atoms with Gasteiger partial charge in [0.25, 0.3) is 0 Å². The van der Waals surface area contributed by atoms with E-state index in [0.29, 0.717) is 0 Å². The van der Waals surface area contributed by atoms with E-state index < -0.39 is 0 Å². The van der Waals surface area contributed by atoms with E-state index in [-0.39, 0.29) is 0 Å². The van der Waals surface area contributed by atoms with E-state index in [1.165, 1.54) is 61.8 Å². The Kier molecular flexibility index (Phi) is 6.72. The number of nitrogens with zero attached hydrogens (tertiary/aromatic N) is 1. The SMILES string of the molecule is Cc1ccc(C)c(CNCCCN(C)C2CCCCC2)c1. The molecule has 1 saturated carbocycles. The first-order valence-electron chi connectivity index (χ1n) is 8.64. The van der Waals surface area contributed by atoms with E-state index >= 15 is 0 Å². The van der Waals surface area contributed by atoms with Gasteiger partial charge >= 0.3 is 0 Å². The van der Waals surface area contributed by atoms with Gasteiger partial charge in [-0.15, -0.1) is 0 Å². The van der Waals surface area contributed by atoms with Crippen LogP contribution in [-0.2, 0) is 6.54 Å². The summed E-state index contributed by atoms with van der Waals surface area (Å²) in [5, 5.41) is 3.60. The van der Waals surface area contributed by atoms with Crippen LogP contribution in [0.4, 0.5) is 0 Å². The average Bonchev–Trinajstić information content (AvgIpc) is 2.51. The van der Waals surface area contributed by atoms with Gasteiger partial charge in [-0.05, 0) is 64.4 Å². The molecule has 1 N–H and O–H groups in total. The van der Waals surface area contributed by atoms with Gasteiger partial charge in [0.15, 0.2) is 0 Å². The maximum Gasteiger partial charge on any atom is 0.0208 e. The molecule has 0 spiro atoms.